The Balaban J connectivity index is 2.07. The van der Waals surface area contributed by atoms with E-state index in [0.717, 1.165) is 11.3 Å². The smallest absolute Gasteiger partial charge is 0.272 e. The van der Waals surface area contributed by atoms with E-state index in [1.54, 1.807) is 10.7 Å². The third kappa shape index (κ3) is 2.83. The summed E-state index contributed by atoms with van der Waals surface area (Å²) in [6.45, 7) is 0. The Bertz CT molecular complexity index is 800. The van der Waals surface area contributed by atoms with Crippen molar-refractivity contribution in [3.8, 4) is 11.3 Å². The number of hydrogen-bond donors (Lipinski definition) is 1. The number of rotatable bonds is 4. The fourth-order valence-corrected chi connectivity index (χ4v) is 2.03. The van der Waals surface area contributed by atoms with Gasteiger partial charge in [-0.1, -0.05) is 23.7 Å². The molecule has 0 atom stereocenters. The van der Waals surface area contributed by atoms with Gasteiger partial charge in [0.05, 0.1) is 12.8 Å². The molecule has 3 rings (SSSR count). The molecule has 0 fully saturated rings. The Morgan fingerprint density at radius 2 is 2.29 bits per heavy atom. The first kappa shape index (κ1) is 13.5. The summed E-state index contributed by atoms with van der Waals surface area (Å²) in [4.78, 5) is 17.0. The van der Waals surface area contributed by atoms with Gasteiger partial charge in [0.15, 0.2) is 0 Å². The van der Waals surface area contributed by atoms with Crippen LogP contribution in [0.5, 0.6) is 0 Å². The third-order valence-corrected chi connectivity index (χ3v) is 2.94. The molecule has 106 valence electrons. The molecule has 0 amide bonds. The van der Waals surface area contributed by atoms with Gasteiger partial charge in [0.2, 0.25) is 0 Å². The molecule has 0 spiro atoms. The van der Waals surface area contributed by atoms with Crippen LogP contribution in [0.1, 0.15) is 0 Å². The molecule has 3 aromatic rings. The molecule has 2 heterocycles. The number of halogens is 1. The number of fused-ring (bicyclic) bond motifs is 1. The van der Waals surface area contributed by atoms with Crippen molar-refractivity contribution in [2.45, 2.75) is 0 Å². The highest BCUT2D eigenvalue weighted by Gasteiger charge is 2.09. The molecule has 1 N–H and O–H groups in total. The van der Waals surface area contributed by atoms with Crippen LogP contribution in [-0.4, -0.2) is 33.0 Å². The molecule has 7 nitrogen and oxygen atoms in total. The fraction of sp³-hybridized carbons (Fsp3) is 0.0769. The van der Waals surface area contributed by atoms with Crippen molar-refractivity contribution >= 4 is 29.7 Å². The maximum atomic E-state index is 6.03. The van der Waals surface area contributed by atoms with E-state index in [2.05, 4.69) is 30.4 Å². The molecule has 1 aromatic carbocycles. The van der Waals surface area contributed by atoms with Crippen molar-refractivity contribution in [1.82, 2.24) is 25.1 Å². The normalized spacial score (nSPS) is 11.3. The summed E-state index contributed by atoms with van der Waals surface area (Å²) in [6, 6.07) is 9.33. The standard InChI is InChI=1S/C13H11ClN6O/c1-21-17-8-16-12-18-13-15-6-5-11(20(13)19-12)9-3-2-4-10(14)7-9/h2-8H,1H3,(H,16,17,19). The number of benzene rings is 1. The van der Waals surface area contributed by atoms with Crippen LogP contribution in [0, 0.1) is 0 Å². The molecular weight excluding hydrogens is 292 g/mol. The second-order valence-corrected chi connectivity index (χ2v) is 4.48. The van der Waals surface area contributed by atoms with E-state index in [4.69, 9.17) is 11.6 Å². The average molecular weight is 303 g/mol. The predicted molar refractivity (Wildman–Crippen MR) is 79.5 cm³/mol. The maximum Gasteiger partial charge on any atom is 0.272 e. The van der Waals surface area contributed by atoms with E-state index in [0.29, 0.717) is 10.8 Å². The minimum absolute atomic E-state index is 0.279. The monoisotopic (exact) mass is 302 g/mol. The summed E-state index contributed by atoms with van der Waals surface area (Å²) < 4.78 is 1.62. The summed E-state index contributed by atoms with van der Waals surface area (Å²) in [5, 5.41) is 4.95. The zero-order valence-corrected chi connectivity index (χ0v) is 11.8. The van der Waals surface area contributed by atoms with Gasteiger partial charge in [0.25, 0.3) is 11.7 Å². The topological polar surface area (TPSA) is 76.7 Å². The van der Waals surface area contributed by atoms with Crippen LogP contribution >= 0.6 is 11.6 Å². The number of hydroxylamine groups is 1. The molecule has 0 saturated heterocycles. The van der Waals surface area contributed by atoms with Gasteiger partial charge in [-0.15, -0.1) is 5.10 Å². The van der Waals surface area contributed by atoms with Gasteiger partial charge in [-0.05, 0) is 18.2 Å². The number of aromatic nitrogens is 4. The Labute approximate surface area is 125 Å². The van der Waals surface area contributed by atoms with E-state index in [-0.39, 0.29) is 5.95 Å². The summed E-state index contributed by atoms with van der Waals surface area (Å²) in [5.41, 5.74) is 4.23. The Morgan fingerprint density at radius 3 is 3.10 bits per heavy atom. The van der Waals surface area contributed by atoms with Crippen LogP contribution < -0.4 is 5.48 Å². The molecule has 0 radical (unpaired) electrons. The van der Waals surface area contributed by atoms with Crippen molar-refractivity contribution in [3.05, 3.63) is 41.6 Å². The first-order valence-corrected chi connectivity index (χ1v) is 6.44. The van der Waals surface area contributed by atoms with Crippen molar-refractivity contribution in [3.63, 3.8) is 0 Å². The first-order chi connectivity index (χ1) is 10.3. The van der Waals surface area contributed by atoms with Gasteiger partial charge in [-0.2, -0.15) is 14.5 Å². The summed E-state index contributed by atoms with van der Waals surface area (Å²) in [5.74, 6) is 0.735. The Hall–Kier alpha value is -2.51. The zero-order chi connectivity index (χ0) is 14.7. The molecule has 0 unspecified atom stereocenters. The first-order valence-electron chi connectivity index (χ1n) is 6.07. The molecule has 0 saturated carbocycles. The zero-order valence-electron chi connectivity index (χ0n) is 11.1. The van der Waals surface area contributed by atoms with E-state index in [1.165, 1.54) is 13.4 Å². The summed E-state index contributed by atoms with van der Waals surface area (Å²) in [7, 11) is 1.49. The number of hydrogen-bond acceptors (Lipinski definition) is 5. The van der Waals surface area contributed by atoms with Gasteiger partial charge >= 0.3 is 0 Å². The minimum Gasteiger partial charge on any atom is -0.279 e. The fourth-order valence-electron chi connectivity index (χ4n) is 1.84. The molecule has 0 aliphatic rings. The predicted octanol–water partition coefficient (Wildman–Crippen LogP) is 2.26. The molecule has 8 heteroatoms. The van der Waals surface area contributed by atoms with Crippen LogP contribution in [-0.2, 0) is 4.84 Å². The SMILES string of the molecule is CON/C=N/c1nc2nccc(-c3cccc(Cl)c3)n2n1. The van der Waals surface area contributed by atoms with Gasteiger partial charge in [-0.25, -0.2) is 4.98 Å². The summed E-state index contributed by atoms with van der Waals surface area (Å²) >= 11 is 6.03. The van der Waals surface area contributed by atoms with Gasteiger partial charge < -0.3 is 0 Å². The molecule has 0 bridgehead atoms. The van der Waals surface area contributed by atoms with Crippen LogP contribution in [0.2, 0.25) is 5.02 Å². The van der Waals surface area contributed by atoms with Crippen LogP contribution in [0.3, 0.4) is 0 Å². The molecule has 2 aromatic heterocycles. The van der Waals surface area contributed by atoms with E-state index in [1.807, 2.05) is 30.3 Å². The lowest BCUT2D eigenvalue weighted by Crippen LogP contribution is -2.07. The van der Waals surface area contributed by atoms with Gasteiger partial charge in [-0.3, -0.25) is 10.3 Å². The van der Waals surface area contributed by atoms with Crippen molar-refractivity contribution in [2.24, 2.45) is 4.99 Å². The number of nitrogens with zero attached hydrogens (tertiary/aromatic N) is 5. The van der Waals surface area contributed by atoms with Crippen LogP contribution in [0.15, 0.2) is 41.5 Å². The highest BCUT2D eigenvalue weighted by Crippen LogP contribution is 2.23. The van der Waals surface area contributed by atoms with Crippen LogP contribution in [0.25, 0.3) is 17.0 Å². The lowest BCUT2D eigenvalue weighted by atomic mass is 10.1. The molecule has 21 heavy (non-hydrogen) atoms. The number of aliphatic imine (C=N–C) groups is 1. The van der Waals surface area contributed by atoms with E-state index < -0.39 is 0 Å². The second kappa shape index (κ2) is 5.86. The summed E-state index contributed by atoms with van der Waals surface area (Å²) in [6.07, 6.45) is 3.02. The highest BCUT2D eigenvalue weighted by molar-refractivity contribution is 6.30. The van der Waals surface area contributed by atoms with Crippen molar-refractivity contribution in [2.75, 3.05) is 7.11 Å². The van der Waals surface area contributed by atoms with Crippen molar-refractivity contribution in [1.29, 1.82) is 0 Å². The molecular formula is C13H11ClN6O. The second-order valence-electron chi connectivity index (χ2n) is 4.04. The van der Waals surface area contributed by atoms with Crippen molar-refractivity contribution < 1.29 is 4.84 Å². The number of nitrogens with one attached hydrogen (secondary N) is 1. The lowest BCUT2D eigenvalue weighted by molar-refractivity contribution is 0.148. The quantitative estimate of drug-likeness (QED) is 0.454. The minimum atomic E-state index is 0.279. The molecule has 0 aliphatic heterocycles. The molecule has 0 aliphatic carbocycles. The van der Waals surface area contributed by atoms with Gasteiger partial charge in [0.1, 0.15) is 6.34 Å². The maximum absolute atomic E-state index is 6.03. The Morgan fingerprint density at radius 1 is 1.38 bits per heavy atom. The largest absolute Gasteiger partial charge is 0.279 e. The van der Waals surface area contributed by atoms with Crippen LogP contribution in [0.4, 0.5) is 5.95 Å². The average Bonchev–Trinajstić information content (AvgIpc) is 2.90. The lowest BCUT2D eigenvalue weighted by Gasteiger charge is -2.03. The van der Waals surface area contributed by atoms with Gasteiger partial charge in [0, 0.05) is 16.8 Å². The Kier molecular flexibility index (Phi) is 3.76. The third-order valence-electron chi connectivity index (χ3n) is 2.70. The van der Waals surface area contributed by atoms with E-state index in [9.17, 15) is 0 Å². The highest BCUT2D eigenvalue weighted by atomic mass is 35.5. The van der Waals surface area contributed by atoms with E-state index >= 15 is 0 Å².